The number of nitrogens with zero attached hydrogens (tertiary/aromatic N) is 2. The second-order valence-electron chi connectivity index (χ2n) is 5.19. The molecule has 0 N–H and O–H groups in total. The molecule has 0 saturated carbocycles. The van der Waals surface area contributed by atoms with E-state index in [1.807, 2.05) is 20.8 Å². The van der Waals surface area contributed by atoms with Gasteiger partial charge in [0, 0.05) is 18.0 Å². The molecule has 2 heterocycles. The molecule has 20 heavy (non-hydrogen) atoms. The number of hydroxylamine groups is 1. The third kappa shape index (κ3) is 2.03. The predicted molar refractivity (Wildman–Crippen MR) is 76.7 cm³/mol. The Morgan fingerprint density at radius 2 is 1.90 bits per heavy atom. The number of benzene rings is 1. The Hall–Kier alpha value is -2.36. The molecule has 0 fully saturated rings. The number of fused-ring (bicyclic) bond motifs is 1. The van der Waals surface area contributed by atoms with Gasteiger partial charge < -0.3 is 4.84 Å². The van der Waals surface area contributed by atoms with Gasteiger partial charge >= 0.3 is 0 Å². The van der Waals surface area contributed by atoms with Crippen LogP contribution in [0.2, 0.25) is 0 Å². The van der Waals surface area contributed by atoms with Gasteiger partial charge in [-0.2, -0.15) is 0 Å². The van der Waals surface area contributed by atoms with Crippen LogP contribution in [-0.4, -0.2) is 10.9 Å². The largest absolute Gasteiger partial charge is 0.371 e. The van der Waals surface area contributed by atoms with E-state index in [9.17, 15) is 4.79 Å². The first-order chi connectivity index (χ1) is 9.56. The van der Waals surface area contributed by atoms with Crippen molar-refractivity contribution >= 4 is 11.6 Å². The van der Waals surface area contributed by atoms with Crippen LogP contribution in [0.25, 0.3) is 0 Å². The molecule has 0 aliphatic carbocycles. The number of rotatable bonds is 2. The molecule has 1 aromatic carbocycles. The number of amides is 1. The zero-order valence-corrected chi connectivity index (χ0v) is 11.8. The van der Waals surface area contributed by atoms with Gasteiger partial charge in [0.05, 0.1) is 12.1 Å². The van der Waals surface area contributed by atoms with Gasteiger partial charge in [0.25, 0.3) is 5.91 Å². The number of carbonyl (C=O) groups is 1. The molecule has 0 atom stereocenters. The minimum absolute atomic E-state index is 0.0626. The number of aryl methyl sites for hydroxylation is 3. The lowest BCUT2D eigenvalue weighted by Gasteiger charge is -2.20. The normalized spacial score (nSPS) is 13.6. The Morgan fingerprint density at radius 1 is 1.20 bits per heavy atom. The highest BCUT2D eigenvalue weighted by atomic mass is 16.7. The first-order valence-electron chi connectivity index (χ1n) is 6.58. The predicted octanol–water partition coefficient (Wildman–Crippen LogP) is 2.89. The lowest BCUT2D eigenvalue weighted by atomic mass is 10.1. The van der Waals surface area contributed by atoms with Gasteiger partial charge in [-0.25, -0.2) is 0 Å². The van der Waals surface area contributed by atoms with Crippen molar-refractivity contribution in [3.05, 3.63) is 52.8 Å². The number of hydrogen-bond acceptors (Lipinski definition) is 3. The van der Waals surface area contributed by atoms with Crippen molar-refractivity contribution in [3.63, 3.8) is 0 Å². The van der Waals surface area contributed by atoms with Crippen LogP contribution in [-0.2, 0) is 11.2 Å². The number of anilines is 1. The summed E-state index contributed by atoms with van der Waals surface area (Å²) >= 11 is 0. The van der Waals surface area contributed by atoms with Gasteiger partial charge in [0.1, 0.15) is 0 Å². The monoisotopic (exact) mass is 268 g/mol. The van der Waals surface area contributed by atoms with Crippen molar-refractivity contribution in [2.45, 2.75) is 27.2 Å². The molecule has 4 heteroatoms. The maximum Gasteiger partial charge on any atom is 0.264 e. The quantitative estimate of drug-likeness (QED) is 0.841. The van der Waals surface area contributed by atoms with Crippen molar-refractivity contribution < 1.29 is 9.63 Å². The van der Waals surface area contributed by atoms with Crippen LogP contribution in [0.1, 0.15) is 22.3 Å². The molecule has 1 aliphatic rings. The molecule has 4 nitrogen and oxygen atoms in total. The van der Waals surface area contributed by atoms with Gasteiger partial charge in [0.15, 0.2) is 5.75 Å². The summed E-state index contributed by atoms with van der Waals surface area (Å²) in [6.07, 6.45) is 3.72. The fraction of sp³-hybridized carbons (Fsp3) is 0.250. The lowest BCUT2D eigenvalue weighted by molar-refractivity contribution is -0.121. The summed E-state index contributed by atoms with van der Waals surface area (Å²) in [5.74, 6) is 0.681. The van der Waals surface area contributed by atoms with E-state index in [0.717, 1.165) is 28.1 Å². The number of aromatic nitrogens is 1. The van der Waals surface area contributed by atoms with Crippen LogP contribution in [0.15, 0.2) is 30.6 Å². The van der Waals surface area contributed by atoms with Crippen molar-refractivity contribution in [1.29, 1.82) is 0 Å². The topological polar surface area (TPSA) is 42.4 Å². The van der Waals surface area contributed by atoms with Crippen molar-refractivity contribution in [3.8, 4) is 5.75 Å². The average molecular weight is 268 g/mol. The van der Waals surface area contributed by atoms with Gasteiger partial charge in [-0.05, 0) is 38.0 Å². The highest BCUT2D eigenvalue weighted by Crippen LogP contribution is 2.32. The van der Waals surface area contributed by atoms with Gasteiger partial charge in [-0.3, -0.25) is 9.78 Å². The molecule has 0 saturated heterocycles. The Bertz CT molecular complexity index is 672. The molecule has 1 aromatic heterocycles. The fourth-order valence-corrected chi connectivity index (χ4v) is 2.63. The molecule has 0 radical (unpaired) electrons. The summed E-state index contributed by atoms with van der Waals surface area (Å²) < 4.78 is 0. The van der Waals surface area contributed by atoms with Crippen LogP contribution in [0.3, 0.4) is 0 Å². The van der Waals surface area contributed by atoms with E-state index in [0.29, 0.717) is 6.42 Å². The van der Waals surface area contributed by atoms with Gasteiger partial charge in [0.2, 0.25) is 0 Å². The molecule has 3 rings (SSSR count). The molecule has 1 aliphatic heterocycles. The molecule has 1 amide bonds. The summed E-state index contributed by atoms with van der Waals surface area (Å²) in [6.45, 7) is 6.03. The average Bonchev–Trinajstić information content (AvgIpc) is 2.69. The van der Waals surface area contributed by atoms with Gasteiger partial charge in [-0.15, -0.1) is 5.06 Å². The van der Waals surface area contributed by atoms with E-state index in [1.165, 1.54) is 10.6 Å². The molecule has 2 aromatic rings. The van der Waals surface area contributed by atoms with Crippen LogP contribution in [0.4, 0.5) is 5.69 Å². The number of pyridine rings is 1. The maximum atomic E-state index is 12.1. The van der Waals surface area contributed by atoms with Crippen LogP contribution in [0.5, 0.6) is 5.75 Å². The van der Waals surface area contributed by atoms with E-state index in [4.69, 9.17) is 4.84 Å². The molecule has 102 valence electrons. The fourth-order valence-electron chi connectivity index (χ4n) is 2.63. The summed E-state index contributed by atoms with van der Waals surface area (Å²) in [5.41, 5.74) is 4.92. The minimum Gasteiger partial charge on any atom is -0.371 e. The zero-order chi connectivity index (χ0) is 14.3. The van der Waals surface area contributed by atoms with Crippen LogP contribution < -0.4 is 9.90 Å². The van der Waals surface area contributed by atoms with E-state index >= 15 is 0 Å². The number of carbonyl (C=O) groups excluding carboxylic acids is 1. The minimum atomic E-state index is -0.0626. The molecular formula is C16H16N2O2. The van der Waals surface area contributed by atoms with E-state index in [1.54, 1.807) is 18.5 Å². The summed E-state index contributed by atoms with van der Waals surface area (Å²) in [7, 11) is 0. The molecular weight excluding hydrogens is 252 g/mol. The first kappa shape index (κ1) is 12.7. The van der Waals surface area contributed by atoms with Crippen molar-refractivity contribution in [1.82, 2.24) is 4.98 Å². The van der Waals surface area contributed by atoms with Crippen LogP contribution in [0, 0.1) is 20.8 Å². The molecule has 0 bridgehead atoms. The van der Waals surface area contributed by atoms with Gasteiger partial charge in [-0.1, -0.05) is 17.7 Å². The summed E-state index contributed by atoms with van der Waals surface area (Å²) in [4.78, 5) is 22.0. The Labute approximate surface area is 118 Å². The first-order valence-corrected chi connectivity index (χ1v) is 6.58. The maximum absolute atomic E-state index is 12.1. The smallest absolute Gasteiger partial charge is 0.264 e. The molecule has 0 spiro atoms. The van der Waals surface area contributed by atoms with Crippen molar-refractivity contribution in [2.75, 3.05) is 5.06 Å². The lowest BCUT2D eigenvalue weighted by Crippen LogP contribution is -2.31. The SMILES string of the molecule is Cc1cc(C)c(ON2C(=O)Cc3cnccc32)c(C)c1. The standard InChI is InChI=1S/C16H16N2O2/c1-10-6-11(2)16(12(3)7-10)20-18-14-4-5-17-9-13(14)8-15(18)19/h4-7,9H,8H2,1-3H3. The highest BCUT2D eigenvalue weighted by molar-refractivity contribution is 5.99. The third-order valence-corrected chi connectivity index (χ3v) is 3.45. The van der Waals surface area contributed by atoms with E-state index < -0.39 is 0 Å². The highest BCUT2D eigenvalue weighted by Gasteiger charge is 2.30. The third-order valence-electron chi connectivity index (χ3n) is 3.45. The van der Waals surface area contributed by atoms with Crippen molar-refractivity contribution in [2.24, 2.45) is 0 Å². The summed E-state index contributed by atoms with van der Waals surface area (Å²) in [5, 5.41) is 1.38. The zero-order valence-electron chi connectivity index (χ0n) is 11.8. The Balaban J connectivity index is 1.98. The summed E-state index contributed by atoms with van der Waals surface area (Å²) in [6, 6.07) is 5.91. The second-order valence-corrected chi connectivity index (χ2v) is 5.19. The van der Waals surface area contributed by atoms with E-state index in [-0.39, 0.29) is 5.91 Å². The second kappa shape index (κ2) is 4.63. The van der Waals surface area contributed by atoms with Crippen LogP contribution >= 0.6 is 0 Å². The Kier molecular flexibility index (Phi) is 2.93. The van der Waals surface area contributed by atoms with E-state index in [2.05, 4.69) is 17.1 Å². The Morgan fingerprint density at radius 3 is 2.60 bits per heavy atom. The number of hydrogen-bond donors (Lipinski definition) is 0. The molecule has 0 unspecified atom stereocenters.